The minimum Gasteiger partial charge on any atom is -0.389 e. The molecule has 3 nitrogen and oxygen atoms in total. The lowest BCUT2D eigenvalue weighted by Crippen LogP contribution is -2.22. The van der Waals surface area contributed by atoms with Gasteiger partial charge >= 0.3 is 0 Å². The first-order chi connectivity index (χ1) is 11.0. The molecule has 0 aromatic heterocycles. The van der Waals surface area contributed by atoms with Gasteiger partial charge in [-0.25, -0.2) is 0 Å². The largest absolute Gasteiger partial charge is 0.389 e. The van der Waals surface area contributed by atoms with Crippen LogP contribution in [-0.2, 0) is 9.47 Å². The Morgan fingerprint density at radius 3 is 2.61 bits per heavy atom. The smallest absolute Gasteiger partial charge is 0.157 e. The average Bonchev–Trinajstić information content (AvgIpc) is 2.53. The molecule has 1 aliphatic rings. The summed E-state index contributed by atoms with van der Waals surface area (Å²) in [6.07, 6.45) is 11.2. The maximum absolute atomic E-state index is 9.73. The van der Waals surface area contributed by atoms with E-state index in [4.69, 9.17) is 9.47 Å². The lowest BCUT2D eigenvalue weighted by molar-refractivity contribution is -0.155. The van der Waals surface area contributed by atoms with Gasteiger partial charge < -0.3 is 14.6 Å². The Labute approximate surface area is 142 Å². The molecule has 0 radical (unpaired) electrons. The minimum absolute atomic E-state index is 0.00492. The molecule has 3 heteroatoms. The van der Waals surface area contributed by atoms with Gasteiger partial charge in [0.1, 0.15) is 0 Å². The van der Waals surface area contributed by atoms with Crippen LogP contribution in [0, 0.1) is 0 Å². The summed E-state index contributed by atoms with van der Waals surface area (Å²) in [4.78, 5) is 0. The molecule has 1 rings (SSSR count). The predicted octanol–water partition coefficient (Wildman–Crippen LogP) is 4.92. The number of ether oxygens (including phenoxy) is 2. The van der Waals surface area contributed by atoms with Crippen molar-refractivity contribution >= 4 is 0 Å². The molecule has 0 spiro atoms. The monoisotopic (exact) mass is 322 g/mol. The third-order valence-corrected chi connectivity index (χ3v) is 4.26. The highest BCUT2D eigenvalue weighted by Gasteiger charge is 2.12. The zero-order chi connectivity index (χ0) is 17.1. The van der Waals surface area contributed by atoms with Crippen LogP contribution in [0.4, 0.5) is 0 Å². The Balaban J connectivity index is 2.15. The van der Waals surface area contributed by atoms with Crippen LogP contribution in [0.3, 0.4) is 0 Å². The summed E-state index contributed by atoms with van der Waals surface area (Å²) < 4.78 is 11.3. The van der Waals surface area contributed by atoms with Crippen LogP contribution in [-0.4, -0.2) is 30.7 Å². The van der Waals surface area contributed by atoms with Gasteiger partial charge in [0.05, 0.1) is 12.7 Å². The van der Waals surface area contributed by atoms with E-state index in [-0.39, 0.29) is 12.4 Å². The zero-order valence-corrected chi connectivity index (χ0v) is 15.1. The lowest BCUT2D eigenvalue weighted by atomic mass is 10.0. The van der Waals surface area contributed by atoms with Crippen LogP contribution in [0.5, 0.6) is 0 Å². The average molecular weight is 322 g/mol. The zero-order valence-electron chi connectivity index (χ0n) is 15.1. The molecule has 1 fully saturated rings. The summed E-state index contributed by atoms with van der Waals surface area (Å²) in [6, 6.07) is 0. The Morgan fingerprint density at radius 1 is 1.22 bits per heavy atom. The van der Waals surface area contributed by atoms with Gasteiger partial charge in [-0.2, -0.15) is 0 Å². The van der Waals surface area contributed by atoms with Gasteiger partial charge in [0.25, 0.3) is 0 Å². The standard InChI is InChI=1S/C20H34O3/c1-16(2)19(21)12-11-17(3)8-7-9-18(4)13-15-23-20-10-5-6-14-22-20/h8,13,19-21H,1,5-7,9-12,14-15H2,2-4H3/b17-8-,18-13-. The van der Waals surface area contributed by atoms with E-state index in [2.05, 4.69) is 32.6 Å². The molecule has 23 heavy (non-hydrogen) atoms. The van der Waals surface area contributed by atoms with E-state index >= 15 is 0 Å². The minimum atomic E-state index is -0.376. The topological polar surface area (TPSA) is 38.7 Å². The van der Waals surface area contributed by atoms with Crippen LogP contribution >= 0.6 is 0 Å². The molecular weight excluding hydrogens is 288 g/mol. The third kappa shape index (κ3) is 9.75. The summed E-state index contributed by atoms with van der Waals surface area (Å²) in [5.74, 6) is 0. The van der Waals surface area contributed by atoms with Crippen molar-refractivity contribution in [3.63, 3.8) is 0 Å². The highest BCUT2D eigenvalue weighted by molar-refractivity contribution is 5.05. The van der Waals surface area contributed by atoms with E-state index in [0.717, 1.165) is 50.7 Å². The molecule has 0 amide bonds. The number of aliphatic hydroxyl groups is 1. The Bertz CT molecular complexity index is 403. The van der Waals surface area contributed by atoms with Crippen LogP contribution in [0.1, 0.15) is 65.7 Å². The van der Waals surface area contributed by atoms with E-state index in [1.165, 1.54) is 17.6 Å². The molecule has 1 heterocycles. The van der Waals surface area contributed by atoms with Gasteiger partial charge in [0, 0.05) is 6.61 Å². The fourth-order valence-corrected chi connectivity index (χ4v) is 2.50. The first kappa shape index (κ1) is 20.1. The van der Waals surface area contributed by atoms with E-state index < -0.39 is 0 Å². The molecule has 2 unspecified atom stereocenters. The number of hydrogen-bond donors (Lipinski definition) is 1. The van der Waals surface area contributed by atoms with Gasteiger partial charge in [-0.15, -0.1) is 0 Å². The molecule has 0 aromatic carbocycles. The first-order valence-corrected chi connectivity index (χ1v) is 8.87. The normalized spacial score (nSPS) is 21.3. The quantitative estimate of drug-likeness (QED) is 0.580. The van der Waals surface area contributed by atoms with Crippen molar-refractivity contribution in [3.8, 4) is 0 Å². The van der Waals surface area contributed by atoms with Crippen molar-refractivity contribution in [1.29, 1.82) is 0 Å². The first-order valence-electron chi connectivity index (χ1n) is 8.87. The van der Waals surface area contributed by atoms with Gasteiger partial charge in [0.2, 0.25) is 0 Å². The fourth-order valence-electron chi connectivity index (χ4n) is 2.50. The van der Waals surface area contributed by atoms with Crippen molar-refractivity contribution in [2.75, 3.05) is 13.2 Å². The summed E-state index contributed by atoms with van der Waals surface area (Å²) >= 11 is 0. The third-order valence-electron chi connectivity index (χ3n) is 4.26. The number of aliphatic hydroxyl groups excluding tert-OH is 1. The summed E-state index contributed by atoms with van der Waals surface area (Å²) in [5, 5.41) is 9.73. The SMILES string of the molecule is C=C(C)C(O)CC/C(C)=C\CC/C(C)=C\COC1CCCCO1. The van der Waals surface area contributed by atoms with Crippen molar-refractivity contribution < 1.29 is 14.6 Å². The van der Waals surface area contributed by atoms with Crippen LogP contribution < -0.4 is 0 Å². The molecule has 1 N–H and O–H groups in total. The van der Waals surface area contributed by atoms with Crippen LogP contribution in [0.25, 0.3) is 0 Å². The molecule has 132 valence electrons. The molecule has 2 atom stereocenters. The second-order valence-electron chi connectivity index (χ2n) is 6.67. The van der Waals surface area contributed by atoms with Crippen molar-refractivity contribution in [2.24, 2.45) is 0 Å². The van der Waals surface area contributed by atoms with Crippen molar-refractivity contribution in [1.82, 2.24) is 0 Å². The maximum atomic E-state index is 9.73. The van der Waals surface area contributed by atoms with Crippen molar-refractivity contribution in [2.45, 2.75) is 78.1 Å². The van der Waals surface area contributed by atoms with Crippen molar-refractivity contribution in [3.05, 3.63) is 35.5 Å². The number of allylic oxidation sites excluding steroid dienone is 3. The van der Waals surface area contributed by atoms with E-state index in [1.54, 1.807) is 0 Å². The molecule has 0 saturated carbocycles. The number of rotatable bonds is 10. The van der Waals surface area contributed by atoms with Gasteiger partial charge in [-0.3, -0.25) is 0 Å². The highest BCUT2D eigenvalue weighted by Crippen LogP contribution is 2.15. The molecule has 0 aliphatic carbocycles. The van der Waals surface area contributed by atoms with E-state index in [9.17, 15) is 5.11 Å². The summed E-state index contributed by atoms with van der Waals surface area (Å²) in [6.45, 7) is 11.4. The Morgan fingerprint density at radius 2 is 1.96 bits per heavy atom. The van der Waals surface area contributed by atoms with Crippen LogP contribution in [0.2, 0.25) is 0 Å². The lowest BCUT2D eigenvalue weighted by Gasteiger charge is -2.22. The maximum Gasteiger partial charge on any atom is 0.157 e. The number of hydrogen-bond acceptors (Lipinski definition) is 3. The second kappa shape index (κ2) is 11.6. The van der Waals surface area contributed by atoms with Crippen LogP contribution in [0.15, 0.2) is 35.5 Å². The van der Waals surface area contributed by atoms with E-state index in [0.29, 0.717) is 6.61 Å². The summed E-state index contributed by atoms with van der Waals surface area (Å²) in [5.41, 5.74) is 3.54. The van der Waals surface area contributed by atoms with Gasteiger partial charge in [-0.1, -0.05) is 35.5 Å². The summed E-state index contributed by atoms with van der Waals surface area (Å²) in [7, 11) is 0. The van der Waals surface area contributed by atoms with E-state index in [1.807, 2.05) is 6.92 Å². The molecular formula is C20H34O3. The van der Waals surface area contributed by atoms with Gasteiger partial charge in [0.15, 0.2) is 6.29 Å². The Hall–Kier alpha value is -0.900. The molecule has 0 aromatic rings. The molecule has 1 saturated heterocycles. The Kier molecular flexibility index (Phi) is 10.2. The van der Waals surface area contributed by atoms with Gasteiger partial charge in [-0.05, 0) is 65.7 Å². The second-order valence-corrected chi connectivity index (χ2v) is 6.67. The predicted molar refractivity (Wildman–Crippen MR) is 96.3 cm³/mol. The molecule has 1 aliphatic heterocycles. The fraction of sp³-hybridized carbons (Fsp3) is 0.700. The highest BCUT2D eigenvalue weighted by atomic mass is 16.7. The molecule has 0 bridgehead atoms.